The number of carbonyl (C=O) groups is 1. The normalized spacial score (nSPS) is 18.7. The molecule has 168 valence electrons. The van der Waals surface area contributed by atoms with Crippen LogP contribution in [0.2, 0.25) is 0 Å². The minimum atomic E-state index is -0.444. The largest absolute Gasteiger partial charge is 0.444 e. The maximum absolute atomic E-state index is 12.8. The van der Waals surface area contributed by atoms with Crippen LogP contribution in [0.5, 0.6) is 0 Å². The molecule has 1 saturated carbocycles. The first-order valence-corrected chi connectivity index (χ1v) is 12.7. The average molecular weight is 427 g/mol. The van der Waals surface area contributed by atoms with Gasteiger partial charge in [0.05, 0.1) is 0 Å². The van der Waals surface area contributed by atoms with Crippen LogP contribution in [0.4, 0.5) is 4.79 Å². The van der Waals surface area contributed by atoms with Gasteiger partial charge in [0.1, 0.15) is 5.60 Å². The first-order valence-electron chi connectivity index (χ1n) is 11.4. The van der Waals surface area contributed by atoms with Crippen molar-refractivity contribution in [3.05, 3.63) is 0 Å². The minimum absolute atomic E-state index is 0.141. The number of nitrogens with one attached hydrogen (secondary N) is 1. The van der Waals surface area contributed by atoms with Crippen LogP contribution in [0, 0.1) is 5.92 Å². The van der Waals surface area contributed by atoms with Gasteiger partial charge in [-0.2, -0.15) is 11.8 Å². The van der Waals surface area contributed by atoms with E-state index in [4.69, 9.17) is 9.73 Å². The highest BCUT2D eigenvalue weighted by Crippen LogP contribution is 2.32. The van der Waals surface area contributed by atoms with Gasteiger partial charge in [-0.25, -0.2) is 4.79 Å². The van der Waals surface area contributed by atoms with Crippen molar-refractivity contribution in [1.29, 1.82) is 0 Å². The highest BCUT2D eigenvalue weighted by atomic mass is 32.2. The van der Waals surface area contributed by atoms with Gasteiger partial charge in [0.15, 0.2) is 5.96 Å². The predicted octanol–water partition coefficient (Wildman–Crippen LogP) is 4.21. The van der Waals surface area contributed by atoms with E-state index in [-0.39, 0.29) is 12.1 Å². The number of rotatable bonds is 9. The fraction of sp³-hybridized carbons (Fsp3) is 0.909. The van der Waals surface area contributed by atoms with Crippen molar-refractivity contribution >= 4 is 23.8 Å². The Labute approximate surface area is 182 Å². The molecule has 0 bridgehead atoms. The summed E-state index contributed by atoms with van der Waals surface area (Å²) in [4.78, 5) is 22.0. The minimum Gasteiger partial charge on any atom is -0.444 e. The highest BCUT2D eigenvalue weighted by Gasteiger charge is 2.35. The molecule has 1 N–H and O–H groups in total. The lowest BCUT2D eigenvalue weighted by Gasteiger charge is -2.40. The van der Waals surface area contributed by atoms with Gasteiger partial charge in [0.2, 0.25) is 0 Å². The lowest BCUT2D eigenvalue weighted by Crippen LogP contribution is -2.52. The van der Waals surface area contributed by atoms with Crippen molar-refractivity contribution in [2.24, 2.45) is 10.9 Å². The average Bonchev–Trinajstić information content (AvgIpc) is 3.48. The Morgan fingerprint density at radius 1 is 1.21 bits per heavy atom. The summed E-state index contributed by atoms with van der Waals surface area (Å²) in [5, 5.41) is 3.45. The molecule has 2 rings (SSSR count). The number of carbonyl (C=O) groups excluding carboxylic acids is 1. The monoisotopic (exact) mass is 426 g/mol. The van der Waals surface area contributed by atoms with Crippen molar-refractivity contribution in [1.82, 2.24) is 15.1 Å². The summed E-state index contributed by atoms with van der Waals surface area (Å²) in [5.41, 5.74) is -0.444. The first-order chi connectivity index (χ1) is 13.8. The molecule has 0 aromatic heterocycles. The number of ether oxygens (including phenoxy) is 1. The third-order valence-electron chi connectivity index (χ3n) is 5.34. The van der Waals surface area contributed by atoms with Crippen LogP contribution < -0.4 is 5.32 Å². The van der Waals surface area contributed by atoms with E-state index in [9.17, 15) is 4.79 Å². The summed E-state index contributed by atoms with van der Waals surface area (Å²) in [7, 11) is 0. The SMILES string of the molecule is CCNC(=NCCCCSC)N1CCC(N(CC2CC2)C(=O)OC(C)(C)C)CC1. The van der Waals surface area contributed by atoms with Gasteiger partial charge >= 0.3 is 6.09 Å². The van der Waals surface area contributed by atoms with Crippen molar-refractivity contribution in [3.63, 3.8) is 0 Å². The highest BCUT2D eigenvalue weighted by molar-refractivity contribution is 7.98. The molecule has 0 radical (unpaired) electrons. The van der Waals surface area contributed by atoms with Crippen LogP contribution in [0.25, 0.3) is 0 Å². The topological polar surface area (TPSA) is 57.2 Å². The Kier molecular flexibility index (Phi) is 9.93. The summed E-state index contributed by atoms with van der Waals surface area (Å²) < 4.78 is 5.72. The number of amides is 1. The number of nitrogens with zero attached hydrogens (tertiary/aromatic N) is 3. The molecule has 0 aromatic carbocycles. The van der Waals surface area contributed by atoms with E-state index in [2.05, 4.69) is 23.4 Å². The van der Waals surface area contributed by atoms with Crippen molar-refractivity contribution in [2.75, 3.05) is 44.7 Å². The Morgan fingerprint density at radius 2 is 1.90 bits per heavy atom. The number of hydrogen-bond acceptors (Lipinski definition) is 4. The summed E-state index contributed by atoms with van der Waals surface area (Å²) >= 11 is 1.90. The Bertz CT molecular complexity index is 523. The van der Waals surface area contributed by atoms with E-state index >= 15 is 0 Å². The van der Waals surface area contributed by atoms with Crippen molar-refractivity contribution in [2.45, 2.75) is 77.9 Å². The molecule has 29 heavy (non-hydrogen) atoms. The fourth-order valence-corrected chi connectivity index (χ4v) is 4.12. The van der Waals surface area contributed by atoms with Gasteiger partial charge in [-0.05, 0) is 84.1 Å². The van der Waals surface area contributed by atoms with Gasteiger partial charge in [0.25, 0.3) is 0 Å². The van der Waals surface area contributed by atoms with Crippen LogP contribution in [0.3, 0.4) is 0 Å². The molecular formula is C22H42N4O2S. The zero-order valence-corrected chi connectivity index (χ0v) is 20.0. The van der Waals surface area contributed by atoms with E-state index in [1.54, 1.807) is 0 Å². The number of thioether (sulfide) groups is 1. The van der Waals surface area contributed by atoms with Crippen molar-refractivity contribution in [3.8, 4) is 0 Å². The van der Waals surface area contributed by atoms with Gasteiger partial charge < -0.3 is 19.9 Å². The van der Waals surface area contributed by atoms with E-state index in [1.165, 1.54) is 25.0 Å². The quantitative estimate of drug-likeness (QED) is 0.340. The number of unbranched alkanes of at least 4 members (excludes halogenated alkanes) is 1. The first kappa shape index (κ1) is 24.2. The van der Waals surface area contributed by atoms with Crippen LogP contribution in [-0.2, 0) is 4.74 Å². The molecule has 2 fully saturated rings. The maximum atomic E-state index is 12.8. The van der Waals surface area contributed by atoms with E-state index in [0.29, 0.717) is 5.92 Å². The van der Waals surface area contributed by atoms with Crippen LogP contribution in [0.15, 0.2) is 4.99 Å². The van der Waals surface area contributed by atoms with Gasteiger partial charge in [-0.3, -0.25) is 4.99 Å². The Balaban J connectivity index is 1.90. The second-order valence-corrected chi connectivity index (χ2v) is 10.2. The Morgan fingerprint density at radius 3 is 2.45 bits per heavy atom. The molecule has 0 spiro atoms. The maximum Gasteiger partial charge on any atom is 0.410 e. The van der Waals surface area contributed by atoms with Crippen LogP contribution >= 0.6 is 11.8 Å². The molecule has 1 aliphatic carbocycles. The third kappa shape index (κ3) is 9.06. The summed E-state index contributed by atoms with van der Waals surface area (Å²) in [5.74, 6) is 2.90. The van der Waals surface area contributed by atoms with E-state index in [0.717, 1.165) is 57.9 Å². The molecule has 1 amide bonds. The van der Waals surface area contributed by atoms with Crippen LogP contribution in [-0.4, -0.2) is 78.2 Å². The lowest BCUT2D eigenvalue weighted by molar-refractivity contribution is 0.00928. The van der Waals surface area contributed by atoms with Gasteiger partial charge in [-0.15, -0.1) is 0 Å². The van der Waals surface area contributed by atoms with E-state index < -0.39 is 5.60 Å². The van der Waals surface area contributed by atoms with Gasteiger partial charge in [-0.1, -0.05) is 0 Å². The molecule has 0 aromatic rings. The molecule has 1 aliphatic heterocycles. The number of likely N-dealkylation sites (tertiary alicyclic amines) is 1. The second kappa shape index (κ2) is 11.9. The second-order valence-electron chi connectivity index (χ2n) is 9.23. The summed E-state index contributed by atoms with van der Waals surface area (Å²) in [6.45, 7) is 12.4. The number of piperidine rings is 1. The lowest BCUT2D eigenvalue weighted by atomic mass is 10.0. The molecule has 0 atom stereocenters. The molecular weight excluding hydrogens is 384 g/mol. The smallest absolute Gasteiger partial charge is 0.410 e. The number of hydrogen-bond donors (Lipinski definition) is 1. The zero-order chi connectivity index (χ0) is 21.3. The van der Waals surface area contributed by atoms with Crippen LogP contribution in [0.1, 0.15) is 66.2 Å². The van der Waals surface area contributed by atoms with Gasteiger partial charge in [0, 0.05) is 38.8 Å². The number of aliphatic imine (C=N–C) groups is 1. The summed E-state index contributed by atoms with van der Waals surface area (Å²) in [6, 6.07) is 0.270. The van der Waals surface area contributed by atoms with Crippen molar-refractivity contribution < 1.29 is 9.53 Å². The predicted molar refractivity (Wildman–Crippen MR) is 124 cm³/mol. The number of guanidine groups is 1. The standard InChI is InChI=1S/C22H42N4O2S/c1-6-23-20(24-13-7-8-16-29-5)25-14-11-19(12-15-25)26(17-18-9-10-18)21(27)28-22(2,3)4/h18-19H,6-17H2,1-5H3,(H,23,24). The summed E-state index contributed by atoms with van der Waals surface area (Å²) in [6.07, 6.45) is 8.81. The zero-order valence-electron chi connectivity index (χ0n) is 19.2. The molecule has 0 unspecified atom stereocenters. The molecule has 1 saturated heterocycles. The Hall–Kier alpha value is -1.11. The molecule has 2 aliphatic rings. The third-order valence-corrected chi connectivity index (χ3v) is 6.03. The molecule has 1 heterocycles. The molecule has 6 nitrogen and oxygen atoms in total. The van der Waals surface area contributed by atoms with E-state index in [1.807, 2.05) is 37.4 Å². The fourth-order valence-electron chi connectivity index (χ4n) is 3.63. The molecule has 7 heteroatoms.